The van der Waals surface area contributed by atoms with E-state index in [0.29, 0.717) is 11.5 Å². The number of rotatable bonds is 3. The van der Waals surface area contributed by atoms with Crippen molar-refractivity contribution in [1.82, 2.24) is 5.32 Å². The Labute approximate surface area is 113 Å². The zero-order chi connectivity index (χ0) is 14.0. The Morgan fingerprint density at radius 2 is 2.11 bits per heavy atom. The van der Waals surface area contributed by atoms with Crippen LogP contribution in [0.1, 0.15) is 23.6 Å². The van der Waals surface area contributed by atoms with Crippen LogP contribution < -0.4 is 5.32 Å². The Bertz CT molecular complexity index is 441. The van der Waals surface area contributed by atoms with E-state index in [-0.39, 0.29) is 6.04 Å². The molecule has 6 heteroatoms. The number of benzene rings is 1. The van der Waals surface area contributed by atoms with Gasteiger partial charge < -0.3 is 5.32 Å². The normalized spacial score (nSPS) is 21.6. The van der Waals surface area contributed by atoms with E-state index >= 15 is 0 Å². The summed E-state index contributed by atoms with van der Waals surface area (Å²) < 4.78 is 51.1. The fraction of sp³-hybridized carbons (Fsp3) is 0.538. The average Bonchev–Trinajstić information content (AvgIpc) is 2.82. The molecule has 0 bridgehead atoms. The highest BCUT2D eigenvalue weighted by Crippen LogP contribution is 2.36. The van der Waals surface area contributed by atoms with Crippen molar-refractivity contribution < 1.29 is 17.6 Å². The summed E-state index contributed by atoms with van der Waals surface area (Å²) in [6.45, 7) is 0. The van der Waals surface area contributed by atoms with Crippen LogP contribution in [0.15, 0.2) is 18.2 Å². The number of thioether (sulfide) groups is 1. The summed E-state index contributed by atoms with van der Waals surface area (Å²) in [5.41, 5.74) is -0.618. The van der Waals surface area contributed by atoms with E-state index in [1.807, 2.05) is 11.8 Å². The standard InChI is InChI=1S/C13H15F4NS/c1-18-12(9-4-5-19-7-9)8-2-3-10(11(14)6-8)13(15,16)17/h2-3,6,9,12,18H,4-5,7H2,1H3. The van der Waals surface area contributed by atoms with Gasteiger partial charge in [0.15, 0.2) is 0 Å². The highest BCUT2D eigenvalue weighted by molar-refractivity contribution is 7.99. The van der Waals surface area contributed by atoms with Crippen LogP contribution >= 0.6 is 11.8 Å². The SMILES string of the molecule is CNC(c1ccc(C(F)(F)F)c(F)c1)C1CCSC1. The molecule has 1 saturated heterocycles. The maximum atomic E-state index is 13.6. The highest BCUT2D eigenvalue weighted by atomic mass is 32.2. The molecule has 2 rings (SSSR count). The average molecular weight is 293 g/mol. The summed E-state index contributed by atoms with van der Waals surface area (Å²) in [7, 11) is 1.75. The summed E-state index contributed by atoms with van der Waals surface area (Å²) in [5, 5.41) is 3.08. The molecule has 19 heavy (non-hydrogen) atoms. The third-order valence-electron chi connectivity index (χ3n) is 3.40. The van der Waals surface area contributed by atoms with Crippen LogP contribution in [0.5, 0.6) is 0 Å². The molecule has 1 aromatic rings. The monoisotopic (exact) mass is 293 g/mol. The summed E-state index contributed by atoms with van der Waals surface area (Å²) in [6, 6.07) is 3.12. The van der Waals surface area contributed by atoms with Gasteiger partial charge >= 0.3 is 6.18 Å². The minimum atomic E-state index is -4.64. The van der Waals surface area contributed by atoms with Crippen molar-refractivity contribution in [1.29, 1.82) is 0 Å². The fourth-order valence-corrected chi connectivity index (χ4v) is 3.74. The third kappa shape index (κ3) is 3.23. The van der Waals surface area contributed by atoms with Crippen molar-refractivity contribution in [2.45, 2.75) is 18.6 Å². The van der Waals surface area contributed by atoms with Gasteiger partial charge in [-0.15, -0.1) is 0 Å². The van der Waals surface area contributed by atoms with Crippen molar-refractivity contribution in [2.24, 2.45) is 5.92 Å². The van der Waals surface area contributed by atoms with Gasteiger partial charge in [-0.1, -0.05) is 6.07 Å². The van der Waals surface area contributed by atoms with Crippen LogP contribution in [-0.2, 0) is 6.18 Å². The van der Waals surface area contributed by atoms with Gasteiger partial charge in [0.05, 0.1) is 5.56 Å². The molecule has 0 saturated carbocycles. The van der Waals surface area contributed by atoms with Gasteiger partial charge in [-0.3, -0.25) is 0 Å². The second-order valence-electron chi connectivity index (χ2n) is 4.63. The van der Waals surface area contributed by atoms with Crippen LogP contribution in [-0.4, -0.2) is 18.6 Å². The van der Waals surface area contributed by atoms with E-state index in [2.05, 4.69) is 5.32 Å². The topological polar surface area (TPSA) is 12.0 Å². The molecule has 1 heterocycles. The van der Waals surface area contributed by atoms with Crippen LogP contribution in [0.3, 0.4) is 0 Å². The second kappa shape index (κ2) is 5.71. The minimum Gasteiger partial charge on any atom is -0.313 e. The van der Waals surface area contributed by atoms with Gasteiger partial charge in [-0.2, -0.15) is 24.9 Å². The maximum absolute atomic E-state index is 13.6. The Morgan fingerprint density at radius 1 is 1.37 bits per heavy atom. The first-order valence-electron chi connectivity index (χ1n) is 6.05. The number of alkyl halides is 3. The Kier molecular flexibility index (Phi) is 4.40. The van der Waals surface area contributed by atoms with Crippen molar-refractivity contribution in [3.63, 3.8) is 0 Å². The molecule has 0 radical (unpaired) electrons. The van der Waals surface area contributed by atoms with Gasteiger partial charge in [0.2, 0.25) is 0 Å². The molecule has 1 aliphatic rings. The number of hydrogen-bond acceptors (Lipinski definition) is 2. The van der Waals surface area contributed by atoms with Crippen LogP contribution in [0.25, 0.3) is 0 Å². The molecule has 0 spiro atoms. The molecule has 1 nitrogen and oxygen atoms in total. The maximum Gasteiger partial charge on any atom is 0.419 e. The number of hydrogen-bond donors (Lipinski definition) is 1. The summed E-state index contributed by atoms with van der Waals surface area (Å²) >= 11 is 1.82. The van der Waals surface area contributed by atoms with E-state index in [1.165, 1.54) is 6.07 Å². The Hall–Kier alpha value is -0.750. The molecule has 1 aromatic carbocycles. The smallest absolute Gasteiger partial charge is 0.313 e. The molecular formula is C13H15F4NS. The van der Waals surface area contributed by atoms with Crippen LogP contribution in [0.4, 0.5) is 17.6 Å². The predicted molar refractivity (Wildman–Crippen MR) is 68.6 cm³/mol. The van der Waals surface area contributed by atoms with E-state index in [0.717, 1.165) is 30.1 Å². The Balaban J connectivity index is 2.27. The van der Waals surface area contributed by atoms with Gasteiger partial charge in [0, 0.05) is 6.04 Å². The molecule has 106 valence electrons. The zero-order valence-corrected chi connectivity index (χ0v) is 11.2. The molecule has 1 N–H and O–H groups in total. The third-order valence-corrected chi connectivity index (χ3v) is 4.59. The van der Waals surface area contributed by atoms with Gasteiger partial charge in [-0.25, -0.2) is 4.39 Å². The van der Waals surface area contributed by atoms with E-state index in [1.54, 1.807) is 7.05 Å². The summed E-state index contributed by atoms with van der Waals surface area (Å²) in [5.74, 6) is 1.14. The largest absolute Gasteiger partial charge is 0.419 e. The second-order valence-corrected chi connectivity index (χ2v) is 5.78. The highest BCUT2D eigenvalue weighted by Gasteiger charge is 2.35. The molecular weight excluding hydrogens is 278 g/mol. The molecule has 2 unspecified atom stereocenters. The minimum absolute atomic E-state index is 0.0909. The lowest BCUT2D eigenvalue weighted by molar-refractivity contribution is -0.140. The predicted octanol–water partition coefficient (Wildman–Crippen LogP) is 3.86. The first-order valence-corrected chi connectivity index (χ1v) is 7.20. The van der Waals surface area contributed by atoms with Crippen LogP contribution in [0, 0.1) is 11.7 Å². The molecule has 2 atom stereocenters. The van der Waals surface area contributed by atoms with Crippen LogP contribution in [0.2, 0.25) is 0 Å². The lowest BCUT2D eigenvalue weighted by Gasteiger charge is -2.23. The first kappa shape index (κ1) is 14.7. The van der Waals surface area contributed by atoms with Gasteiger partial charge in [0.1, 0.15) is 5.82 Å². The van der Waals surface area contributed by atoms with Crippen molar-refractivity contribution in [3.8, 4) is 0 Å². The molecule has 0 aliphatic carbocycles. The van der Waals surface area contributed by atoms with E-state index in [4.69, 9.17) is 0 Å². The van der Waals surface area contributed by atoms with Gasteiger partial charge in [-0.05, 0) is 48.6 Å². The van der Waals surface area contributed by atoms with E-state index < -0.39 is 17.6 Å². The number of nitrogens with one attached hydrogen (secondary N) is 1. The lowest BCUT2D eigenvalue weighted by Crippen LogP contribution is -2.25. The summed E-state index contributed by atoms with van der Waals surface area (Å²) in [4.78, 5) is 0. The summed E-state index contributed by atoms with van der Waals surface area (Å²) in [6.07, 6.45) is -3.64. The zero-order valence-electron chi connectivity index (χ0n) is 10.4. The fourth-order valence-electron chi connectivity index (χ4n) is 2.44. The lowest BCUT2D eigenvalue weighted by atomic mass is 9.92. The van der Waals surface area contributed by atoms with Crippen molar-refractivity contribution in [3.05, 3.63) is 35.1 Å². The molecule has 0 aromatic heterocycles. The van der Waals surface area contributed by atoms with Gasteiger partial charge in [0.25, 0.3) is 0 Å². The molecule has 1 fully saturated rings. The quantitative estimate of drug-likeness (QED) is 0.849. The van der Waals surface area contributed by atoms with Crippen molar-refractivity contribution >= 4 is 11.8 Å². The van der Waals surface area contributed by atoms with Crippen molar-refractivity contribution in [2.75, 3.05) is 18.6 Å². The Morgan fingerprint density at radius 3 is 2.58 bits per heavy atom. The number of halogens is 4. The molecule has 1 aliphatic heterocycles. The first-order chi connectivity index (χ1) is 8.93. The molecule has 0 amide bonds. The van der Waals surface area contributed by atoms with E-state index in [9.17, 15) is 17.6 Å².